The molecule has 0 atom stereocenters. The van der Waals surface area contributed by atoms with Gasteiger partial charge in [0.05, 0.1) is 5.69 Å². The van der Waals surface area contributed by atoms with Crippen molar-refractivity contribution in [2.45, 2.75) is 33.1 Å². The van der Waals surface area contributed by atoms with Gasteiger partial charge in [-0.2, -0.15) is 0 Å². The lowest BCUT2D eigenvalue weighted by molar-refractivity contribution is 0.825. The predicted octanol–water partition coefficient (Wildman–Crippen LogP) is 5.88. The standard InChI is InChI=1S/C18H20BrN/c1-3-4-8-15(18-9-6-5-7-14(18)2)12-17-11-10-16(19)13-20-17/h5-7,9-13H,3-4,8H2,1-2H3/b15-12+. The van der Waals surface area contributed by atoms with Crippen molar-refractivity contribution in [3.8, 4) is 0 Å². The van der Waals surface area contributed by atoms with E-state index in [2.05, 4.69) is 65.1 Å². The maximum atomic E-state index is 4.46. The normalized spacial score (nSPS) is 11.7. The van der Waals surface area contributed by atoms with Crippen LogP contribution in [0.5, 0.6) is 0 Å². The molecule has 104 valence electrons. The third-order valence-corrected chi connectivity index (χ3v) is 3.83. The maximum Gasteiger partial charge on any atom is 0.0633 e. The van der Waals surface area contributed by atoms with Crippen molar-refractivity contribution >= 4 is 27.6 Å². The zero-order valence-electron chi connectivity index (χ0n) is 12.1. The summed E-state index contributed by atoms with van der Waals surface area (Å²) in [5, 5.41) is 0. The lowest BCUT2D eigenvalue weighted by Gasteiger charge is -2.10. The lowest BCUT2D eigenvalue weighted by atomic mass is 9.95. The summed E-state index contributed by atoms with van der Waals surface area (Å²) in [4.78, 5) is 4.46. The van der Waals surface area contributed by atoms with Crippen LogP contribution in [0.1, 0.15) is 43.0 Å². The first-order valence-electron chi connectivity index (χ1n) is 7.09. The summed E-state index contributed by atoms with van der Waals surface area (Å²) in [5.41, 5.74) is 5.06. The van der Waals surface area contributed by atoms with Gasteiger partial charge in [0.15, 0.2) is 0 Å². The van der Waals surface area contributed by atoms with Crippen LogP contribution in [0.15, 0.2) is 47.1 Å². The largest absolute Gasteiger partial charge is 0.256 e. The molecule has 20 heavy (non-hydrogen) atoms. The first kappa shape index (κ1) is 15.0. The summed E-state index contributed by atoms with van der Waals surface area (Å²) in [7, 11) is 0. The number of allylic oxidation sites excluding steroid dienone is 1. The molecule has 0 fully saturated rings. The average Bonchev–Trinajstić information content (AvgIpc) is 2.46. The molecule has 0 radical (unpaired) electrons. The van der Waals surface area contributed by atoms with Crippen LogP contribution in [0.4, 0.5) is 0 Å². The molecule has 1 aromatic heterocycles. The van der Waals surface area contributed by atoms with Gasteiger partial charge in [0.2, 0.25) is 0 Å². The molecule has 2 rings (SSSR count). The minimum atomic E-state index is 1.01. The van der Waals surface area contributed by atoms with Crippen molar-refractivity contribution in [3.63, 3.8) is 0 Å². The summed E-state index contributed by atoms with van der Waals surface area (Å²) >= 11 is 3.43. The molecule has 2 heteroatoms. The van der Waals surface area contributed by atoms with Gasteiger partial charge in [-0.1, -0.05) is 37.6 Å². The van der Waals surface area contributed by atoms with Crippen LogP contribution in [-0.4, -0.2) is 4.98 Å². The number of hydrogen-bond donors (Lipinski definition) is 0. The number of benzene rings is 1. The minimum Gasteiger partial charge on any atom is -0.256 e. The summed E-state index contributed by atoms with van der Waals surface area (Å²) in [6, 6.07) is 12.7. The van der Waals surface area contributed by atoms with Crippen LogP contribution < -0.4 is 0 Å². The second-order valence-electron chi connectivity index (χ2n) is 4.99. The third-order valence-electron chi connectivity index (χ3n) is 3.36. The van der Waals surface area contributed by atoms with E-state index in [4.69, 9.17) is 0 Å². The summed E-state index contributed by atoms with van der Waals surface area (Å²) < 4.78 is 1.01. The molecule has 1 heterocycles. The molecular weight excluding hydrogens is 310 g/mol. The minimum absolute atomic E-state index is 1.01. The topological polar surface area (TPSA) is 12.9 Å². The SMILES string of the molecule is CCCC/C(=C\c1ccc(Br)cn1)c1ccccc1C. The lowest BCUT2D eigenvalue weighted by Crippen LogP contribution is -1.90. The number of aromatic nitrogens is 1. The first-order valence-corrected chi connectivity index (χ1v) is 7.88. The van der Waals surface area contributed by atoms with Gasteiger partial charge in [0.25, 0.3) is 0 Å². The number of rotatable bonds is 5. The van der Waals surface area contributed by atoms with Crippen LogP contribution in [0, 0.1) is 6.92 Å². The highest BCUT2D eigenvalue weighted by atomic mass is 79.9. The highest BCUT2D eigenvalue weighted by Crippen LogP contribution is 2.26. The number of halogens is 1. The van der Waals surface area contributed by atoms with Crippen LogP contribution >= 0.6 is 15.9 Å². The Morgan fingerprint density at radius 1 is 1.20 bits per heavy atom. The van der Waals surface area contributed by atoms with Gasteiger partial charge in [-0.05, 0) is 70.6 Å². The van der Waals surface area contributed by atoms with E-state index in [0.29, 0.717) is 0 Å². The van der Waals surface area contributed by atoms with E-state index < -0.39 is 0 Å². The molecule has 0 saturated heterocycles. The molecule has 0 spiro atoms. The van der Waals surface area contributed by atoms with Crippen LogP contribution in [0.25, 0.3) is 11.6 Å². The van der Waals surface area contributed by atoms with E-state index in [-0.39, 0.29) is 0 Å². The molecule has 1 aromatic carbocycles. The third kappa shape index (κ3) is 4.04. The quantitative estimate of drug-likeness (QED) is 0.667. The van der Waals surface area contributed by atoms with Crippen LogP contribution in [-0.2, 0) is 0 Å². The maximum absolute atomic E-state index is 4.46. The van der Waals surface area contributed by atoms with Crippen molar-refractivity contribution in [1.82, 2.24) is 4.98 Å². The van der Waals surface area contributed by atoms with Gasteiger partial charge in [-0.3, -0.25) is 4.98 Å². The van der Waals surface area contributed by atoms with E-state index in [1.165, 1.54) is 29.5 Å². The molecule has 0 saturated carbocycles. The van der Waals surface area contributed by atoms with Crippen LogP contribution in [0.2, 0.25) is 0 Å². The fraction of sp³-hybridized carbons (Fsp3) is 0.278. The molecule has 1 nitrogen and oxygen atoms in total. The van der Waals surface area contributed by atoms with Crippen molar-refractivity contribution in [3.05, 3.63) is 63.9 Å². The fourth-order valence-corrected chi connectivity index (χ4v) is 2.47. The smallest absolute Gasteiger partial charge is 0.0633 e. The molecule has 2 aromatic rings. The summed E-state index contributed by atoms with van der Waals surface area (Å²) in [5.74, 6) is 0. The van der Waals surface area contributed by atoms with Gasteiger partial charge in [-0.15, -0.1) is 0 Å². The Bertz CT molecular complexity index is 585. The van der Waals surface area contributed by atoms with Gasteiger partial charge in [-0.25, -0.2) is 0 Å². The van der Waals surface area contributed by atoms with Crippen molar-refractivity contribution in [2.75, 3.05) is 0 Å². The number of pyridine rings is 1. The molecule has 0 N–H and O–H groups in total. The highest BCUT2D eigenvalue weighted by Gasteiger charge is 2.05. The van der Waals surface area contributed by atoms with Crippen molar-refractivity contribution in [2.24, 2.45) is 0 Å². The molecule has 0 unspecified atom stereocenters. The Morgan fingerprint density at radius 3 is 2.65 bits per heavy atom. The van der Waals surface area contributed by atoms with E-state index >= 15 is 0 Å². The number of aryl methyl sites for hydroxylation is 1. The Hall–Kier alpha value is -1.41. The second kappa shape index (κ2) is 7.39. The fourth-order valence-electron chi connectivity index (χ4n) is 2.24. The molecule has 0 aliphatic heterocycles. The Kier molecular flexibility index (Phi) is 5.54. The zero-order valence-corrected chi connectivity index (χ0v) is 13.7. The first-order chi connectivity index (χ1) is 9.70. The molecule has 0 aliphatic carbocycles. The molecule has 0 amide bonds. The Morgan fingerprint density at radius 2 is 2.00 bits per heavy atom. The van der Waals surface area contributed by atoms with E-state index in [1.54, 1.807) is 0 Å². The van der Waals surface area contributed by atoms with Gasteiger partial charge < -0.3 is 0 Å². The number of nitrogens with zero attached hydrogens (tertiary/aromatic N) is 1. The van der Waals surface area contributed by atoms with Crippen LogP contribution in [0.3, 0.4) is 0 Å². The van der Waals surface area contributed by atoms with Gasteiger partial charge in [0, 0.05) is 10.7 Å². The van der Waals surface area contributed by atoms with Gasteiger partial charge in [0.1, 0.15) is 0 Å². The molecular formula is C18H20BrN. The van der Waals surface area contributed by atoms with Crippen molar-refractivity contribution < 1.29 is 0 Å². The Labute approximate surface area is 129 Å². The van der Waals surface area contributed by atoms with Crippen molar-refractivity contribution in [1.29, 1.82) is 0 Å². The number of unbranched alkanes of at least 4 members (excludes halogenated alkanes) is 1. The molecule has 0 aliphatic rings. The van der Waals surface area contributed by atoms with Gasteiger partial charge >= 0.3 is 0 Å². The monoisotopic (exact) mass is 329 g/mol. The summed E-state index contributed by atoms with van der Waals surface area (Å²) in [6.07, 6.45) is 7.57. The van der Waals surface area contributed by atoms with E-state index in [0.717, 1.165) is 16.6 Å². The highest BCUT2D eigenvalue weighted by molar-refractivity contribution is 9.10. The van der Waals surface area contributed by atoms with E-state index in [1.807, 2.05) is 18.3 Å². The number of hydrogen-bond acceptors (Lipinski definition) is 1. The predicted molar refractivity (Wildman–Crippen MR) is 90.5 cm³/mol. The van der Waals surface area contributed by atoms with E-state index in [9.17, 15) is 0 Å². The second-order valence-corrected chi connectivity index (χ2v) is 5.91. The zero-order chi connectivity index (χ0) is 14.4. The average molecular weight is 330 g/mol. The molecule has 0 bridgehead atoms. The Balaban J connectivity index is 2.37. The summed E-state index contributed by atoms with van der Waals surface area (Å²) in [6.45, 7) is 4.40.